The average Bonchev–Trinajstić information content (AvgIpc) is 3.00. The Morgan fingerprint density at radius 3 is 2.85 bits per heavy atom. The summed E-state index contributed by atoms with van der Waals surface area (Å²) in [5.41, 5.74) is 3.33. The SMILES string of the molecule is NNc1nc(NCCn2cccn2)c2ccccc2n1. The monoisotopic (exact) mass is 269 g/mol. The molecule has 0 saturated heterocycles. The van der Waals surface area contributed by atoms with Crippen molar-refractivity contribution in [3.63, 3.8) is 0 Å². The fourth-order valence-electron chi connectivity index (χ4n) is 2.00. The second-order valence-corrected chi connectivity index (χ2v) is 4.25. The third kappa shape index (κ3) is 2.52. The first-order valence-electron chi connectivity index (χ1n) is 6.31. The summed E-state index contributed by atoms with van der Waals surface area (Å²) in [6.07, 6.45) is 3.68. The quantitative estimate of drug-likeness (QED) is 0.476. The molecule has 7 nitrogen and oxygen atoms in total. The maximum Gasteiger partial charge on any atom is 0.239 e. The highest BCUT2D eigenvalue weighted by molar-refractivity contribution is 5.89. The van der Waals surface area contributed by atoms with Gasteiger partial charge in [-0.15, -0.1) is 0 Å². The Bertz CT molecular complexity index is 693. The minimum absolute atomic E-state index is 0.394. The summed E-state index contributed by atoms with van der Waals surface area (Å²) in [6.45, 7) is 1.48. The molecule has 2 heterocycles. The number of hydrogen-bond acceptors (Lipinski definition) is 6. The van der Waals surface area contributed by atoms with Gasteiger partial charge in [-0.25, -0.2) is 10.8 Å². The predicted molar refractivity (Wildman–Crippen MR) is 78.1 cm³/mol. The van der Waals surface area contributed by atoms with Crippen LogP contribution in [0.4, 0.5) is 11.8 Å². The van der Waals surface area contributed by atoms with E-state index in [-0.39, 0.29) is 0 Å². The molecule has 0 aliphatic heterocycles. The predicted octanol–water partition coefficient (Wildman–Crippen LogP) is 1.22. The Labute approximate surface area is 115 Å². The van der Waals surface area contributed by atoms with Gasteiger partial charge < -0.3 is 5.32 Å². The van der Waals surface area contributed by atoms with Crippen molar-refractivity contribution in [3.05, 3.63) is 42.7 Å². The molecular formula is C13H15N7. The van der Waals surface area contributed by atoms with Crippen LogP contribution in [0.5, 0.6) is 0 Å². The number of anilines is 2. The van der Waals surface area contributed by atoms with E-state index in [1.165, 1.54) is 0 Å². The van der Waals surface area contributed by atoms with E-state index >= 15 is 0 Å². The van der Waals surface area contributed by atoms with Crippen LogP contribution in [0.3, 0.4) is 0 Å². The molecule has 3 aromatic rings. The molecule has 2 aromatic heterocycles. The first kappa shape index (κ1) is 12.4. The topological polar surface area (TPSA) is 93.7 Å². The van der Waals surface area contributed by atoms with E-state index < -0.39 is 0 Å². The van der Waals surface area contributed by atoms with E-state index in [4.69, 9.17) is 5.84 Å². The van der Waals surface area contributed by atoms with E-state index in [0.717, 1.165) is 23.3 Å². The largest absolute Gasteiger partial charge is 0.368 e. The van der Waals surface area contributed by atoms with Gasteiger partial charge >= 0.3 is 0 Å². The van der Waals surface area contributed by atoms with Gasteiger partial charge in [-0.2, -0.15) is 10.1 Å². The third-order valence-electron chi connectivity index (χ3n) is 2.92. The number of nitrogen functional groups attached to an aromatic ring is 1. The van der Waals surface area contributed by atoms with Crippen molar-refractivity contribution in [1.82, 2.24) is 19.7 Å². The molecule has 3 rings (SSSR count). The van der Waals surface area contributed by atoms with Crippen LogP contribution in [-0.4, -0.2) is 26.3 Å². The summed E-state index contributed by atoms with van der Waals surface area (Å²) < 4.78 is 1.86. The van der Waals surface area contributed by atoms with Gasteiger partial charge in [0.05, 0.1) is 12.1 Å². The number of hydrogen-bond donors (Lipinski definition) is 3. The van der Waals surface area contributed by atoms with Crippen LogP contribution in [0.2, 0.25) is 0 Å². The molecule has 0 bridgehead atoms. The number of nitrogens with two attached hydrogens (primary N) is 1. The van der Waals surface area contributed by atoms with Crippen LogP contribution in [0.1, 0.15) is 0 Å². The van der Waals surface area contributed by atoms with E-state index in [0.29, 0.717) is 12.5 Å². The number of fused-ring (bicyclic) bond motifs is 1. The van der Waals surface area contributed by atoms with Gasteiger partial charge in [-0.3, -0.25) is 10.1 Å². The Kier molecular flexibility index (Phi) is 3.42. The molecule has 0 fully saturated rings. The first-order chi connectivity index (χ1) is 9.86. The molecule has 0 radical (unpaired) electrons. The molecule has 0 aliphatic rings. The van der Waals surface area contributed by atoms with E-state index in [1.54, 1.807) is 6.20 Å². The number of nitrogens with one attached hydrogen (secondary N) is 2. The molecule has 0 saturated carbocycles. The molecule has 0 spiro atoms. The van der Waals surface area contributed by atoms with Crippen LogP contribution >= 0.6 is 0 Å². The van der Waals surface area contributed by atoms with Crippen LogP contribution in [-0.2, 0) is 6.54 Å². The number of benzene rings is 1. The molecular weight excluding hydrogens is 254 g/mol. The Balaban J connectivity index is 1.82. The fraction of sp³-hybridized carbons (Fsp3) is 0.154. The molecule has 0 aliphatic carbocycles. The maximum atomic E-state index is 5.40. The molecule has 0 unspecified atom stereocenters. The molecule has 0 atom stereocenters. The zero-order chi connectivity index (χ0) is 13.8. The van der Waals surface area contributed by atoms with Crippen molar-refractivity contribution < 1.29 is 0 Å². The van der Waals surface area contributed by atoms with Crippen molar-refractivity contribution in [3.8, 4) is 0 Å². The molecule has 102 valence electrons. The Morgan fingerprint density at radius 1 is 1.15 bits per heavy atom. The second-order valence-electron chi connectivity index (χ2n) is 4.25. The smallest absolute Gasteiger partial charge is 0.239 e. The lowest BCUT2D eigenvalue weighted by atomic mass is 10.2. The summed E-state index contributed by atoms with van der Waals surface area (Å²) in [5.74, 6) is 6.55. The van der Waals surface area contributed by atoms with Crippen molar-refractivity contribution in [2.75, 3.05) is 17.3 Å². The average molecular weight is 269 g/mol. The lowest BCUT2D eigenvalue weighted by Gasteiger charge is -2.10. The molecule has 0 amide bonds. The van der Waals surface area contributed by atoms with E-state index in [9.17, 15) is 0 Å². The van der Waals surface area contributed by atoms with Crippen LogP contribution < -0.4 is 16.6 Å². The number of nitrogens with zero attached hydrogens (tertiary/aromatic N) is 4. The lowest BCUT2D eigenvalue weighted by Crippen LogP contribution is -2.15. The van der Waals surface area contributed by atoms with E-state index in [2.05, 4.69) is 25.8 Å². The van der Waals surface area contributed by atoms with Gasteiger partial charge in [0.25, 0.3) is 0 Å². The Hall–Kier alpha value is -2.67. The highest BCUT2D eigenvalue weighted by Crippen LogP contribution is 2.21. The zero-order valence-electron chi connectivity index (χ0n) is 10.8. The standard InChI is InChI=1S/C13H15N7/c14-19-13-17-11-5-2-1-4-10(11)12(18-13)15-7-9-20-8-3-6-16-20/h1-6,8H,7,9,14H2,(H2,15,17,18,19). The zero-order valence-corrected chi connectivity index (χ0v) is 10.8. The first-order valence-corrected chi connectivity index (χ1v) is 6.31. The van der Waals surface area contributed by atoms with Crippen LogP contribution in [0, 0.1) is 0 Å². The fourth-order valence-corrected chi connectivity index (χ4v) is 2.00. The number of para-hydroxylation sites is 1. The van der Waals surface area contributed by atoms with Gasteiger partial charge in [0.15, 0.2) is 0 Å². The minimum atomic E-state index is 0.394. The van der Waals surface area contributed by atoms with Crippen LogP contribution in [0.25, 0.3) is 10.9 Å². The summed E-state index contributed by atoms with van der Waals surface area (Å²) in [6, 6.07) is 9.70. The maximum absolute atomic E-state index is 5.40. The third-order valence-corrected chi connectivity index (χ3v) is 2.92. The highest BCUT2D eigenvalue weighted by atomic mass is 15.3. The number of rotatable bonds is 5. The Morgan fingerprint density at radius 2 is 2.05 bits per heavy atom. The highest BCUT2D eigenvalue weighted by Gasteiger charge is 2.06. The van der Waals surface area contributed by atoms with Gasteiger partial charge in [-0.1, -0.05) is 12.1 Å². The summed E-state index contributed by atoms with van der Waals surface area (Å²) in [4.78, 5) is 8.66. The molecule has 20 heavy (non-hydrogen) atoms. The van der Waals surface area contributed by atoms with Crippen molar-refractivity contribution in [2.45, 2.75) is 6.54 Å². The summed E-state index contributed by atoms with van der Waals surface area (Å²) in [5, 5.41) is 8.41. The van der Waals surface area contributed by atoms with E-state index in [1.807, 2.05) is 41.2 Å². The normalized spacial score (nSPS) is 10.7. The van der Waals surface area contributed by atoms with Crippen LogP contribution in [0.15, 0.2) is 42.7 Å². The van der Waals surface area contributed by atoms with Gasteiger partial charge in [0, 0.05) is 24.3 Å². The van der Waals surface area contributed by atoms with Gasteiger partial charge in [0.2, 0.25) is 5.95 Å². The summed E-state index contributed by atoms with van der Waals surface area (Å²) >= 11 is 0. The lowest BCUT2D eigenvalue weighted by molar-refractivity contribution is 0.637. The molecule has 1 aromatic carbocycles. The van der Waals surface area contributed by atoms with Crippen molar-refractivity contribution in [2.24, 2.45) is 5.84 Å². The number of aromatic nitrogens is 4. The van der Waals surface area contributed by atoms with Gasteiger partial charge in [-0.05, 0) is 18.2 Å². The summed E-state index contributed by atoms with van der Waals surface area (Å²) in [7, 11) is 0. The van der Waals surface area contributed by atoms with Crippen molar-refractivity contribution >= 4 is 22.7 Å². The number of hydrazine groups is 1. The molecule has 7 heteroatoms. The second kappa shape index (κ2) is 5.54. The van der Waals surface area contributed by atoms with Gasteiger partial charge in [0.1, 0.15) is 5.82 Å². The minimum Gasteiger partial charge on any atom is -0.368 e. The van der Waals surface area contributed by atoms with Crippen molar-refractivity contribution in [1.29, 1.82) is 0 Å². The molecule has 4 N–H and O–H groups in total.